The molecular weight excluding hydrogens is 422 g/mol. The molecule has 0 aliphatic carbocycles. The number of nitrogens with one attached hydrogen (secondary N) is 1. The van der Waals surface area contributed by atoms with E-state index in [1.54, 1.807) is 11.3 Å². The summed E-state index contributed by atoms with van der Waals surface area (Å²) in [6.07, 6.45) is 0.950. The van der Waals surface area contributed by atoms with E-state index in [9.17, 15) is 9.90 Å². The summed E-state index contributed by atoms with van der Waals surface area (Å²) in [5.41, 5.74) is 3.93. The van der Waals surface area contributed by atoms with Gasteiger partial charge in [-0.1, -0.05) is 54.1 Å². The van der Waals surface area contributed by atoms with Crippen molar-refractivity contribution in [2.45, 2.75) is 38.3 Å². The molecule has 1 fully saturated rings. The third-order valence-electron chi connectivity index (χ3n) is 5.78. The predicted molar refractivity (Wildman–Crippen MR) is 127 cm³/mol. The standard InChI is InChI=1S/C26H29NO4S/c1-18-3-7-22(8-4-18)25(29)24-12-11-23(32-24)21-9-5-20(6-10-21)13-14-26(27-19(2)28)15-30-17-31-16-26/h3-12,25,29H,13-17H2,1-2H3,(H,27,28). The highest BCUT2D eigenvalue weighted by molar-refractivity contribution is 7.15. The van der Waals surface area contributed by atoms with E-state index in [2.05, 4.69) is 35.6 Å². The van der Waals surface area contributed by atoms with Crippen molar-refractivity contribution in [3.63, 3.8) is 0 Å². The molecule has 32 heavy (non-hydrogen) atoms. The molecule has 1 aromatic heterocycles. The number of aliphatic hydroxyl groups is 1. The molecule has 168 valence electrons. The zero-order valence-corrected chi connectivity index (χ0v) is 19.3. The van der Waals surface area contributed by atoms with Crippen LogP contribution in [0.1, 0.15) is 41.0 Å². The zero-order valence-electron chi connectivity index (χ0n) is 18.5. The number of amides is 1. The summed E-state index contributed by atoms with van der Waals surface area (Å²) in [7, 11) is 0. The van der Waals surface area contributed by atoms with Gasteiger partial charge in [0.05, 0.1) is 18.8 Å². The Balaban J connectivity index is 1.41. The molecule has 2 N–H and O–H groups in total. The second kappa shape index (κ2) is 9.96. The smallest absolute Gasteiger partial charge is 0.217 e. The van der Waals surface area contributed by atoms with E-state index in [0.29, 0.717) is 13.2 Å². The highest BCUT2D eigenvalue weighted by Crippen LogP contribution is 2.34. The number of ether oxygens (including phenoxy) is 2. The summed E-state index contributed by atoms with van der Waals surface area (Å²) in [6, 6.07) is 20.5. The third kappa shape index (κ3) is 5.45. The van der Waals surface area contributed by atoms with Crippen LogP contribution in [0.4, 0.5) is 0 Å². The normalized spacial score (nSPS) is 16.5. The Morgan fingerprint density at radius 1 is 1.06 bits per heavy atom. The average molecular weight is 452 g/mol. The van der Waals surface area contributed by atoms with E-state index >= 15 is 0 Å². The largest absolute Gasteiger partial charge is 0.383 e. The van der Waals surface area contributed by atoms with E-state index in [-0.39, 0.29) is 12.7 Å². The van der Waals surface area contributed by atoms with Crippen LogP contribution < -0.4 is 5.32 Å². The zero-order chi connectivity index (χ0) is 22.6. The number of rotatable bonds is 7. The first-order valence-electron chi connectivity index (χ1n) is 10.8. The van der Waals surface area contributed by atoms with Crippen LogP contribution in [-0.4, -0.2) is 36.6 Å². The van der Waals surface area contributed by atoms with Gasteiger partial charge in [-0.25, -0.2) is 0 Å². The minimum atomic E-state index is -0.612. The molecule has 1 aliphatic heterocycles. The van der Waals surface area contributed by atoms with Crippen LogP contribution in [0.15, 0.2) is 60.7 Å². The Labute approximate surface area is 193 Å². The molecule has 1 atom stereocenters. The summed E-state index contributed by atoms with van der Waals surface area (Å²) in [4.78, 5) is 13.7. The van der Waals surface area contributed by atoms with Crippen LogP contribution >= 0.6 is 11.3 Å². The fourth-order valence-corrected chi connectivity index (χ4v) is 5.04. The topological polar surface area (TPSA) is 67.8 Å². The highest BCUT2D eigenvalue weighted by atomic mass is 32.1. The maximum absolute atomic E-state index is 11.6. The van der Waals surface area contributed by atoms with Gasteiger partial charge in [-0.3, -0.25) is 4.79 Å². The van der Waals surface area contributed by atoms with Crippen LogP contribution in [0, 0.1) is 6.92 Å². The Bertz CT molecular complexity index is 1040. The molecule has 1 amide bonds. The number of thiophene rings is 1. The molecule has 0 saturated carbocycles. The first-order valence-corrected chi connectivity index (χ1v) is 11.6. The number of carbonyl (C=O) groups is 1. The Morgan fingerprint density at radius 3 is 2.41 bits per heavy atom. The molecular formula is C26H29NO4S. The summed E-state index contributed by atoms with van der Waals surface area (Å²) in [6.45, 7) is 4.77. The van der Waals surface area contributed by atoms with E-state index in [1.807, 2.05) is 37.3 Å². The van der Waals surface area contributed by atoms with Crippen molar-refractivity contribution in [1.82, 2.24) is 5.32 Å². The van der Waals surface area contributed by atoms with Gasteiger partial charge in [0.1, 0.15) is 12.9 Å². The lowest BCUT2D eigenvalue weighted by Gasteiger charge is -2.37. The van der Waals surface area contributed by atoms with Crippen molar-refractivity contribution in [2.24, 2.45) is 0 Å². The Hall–Kier alpha value is -2.51. The molecule has 1 aliphatic rings. The van der Waals surface area contributed by atoms with Gasteiger partial charge < -0.3 is 19.9 Å². The first-order chi connectivity index (χ1) is 15.4. The number of hydrogen-bond donors (Lipinski definition) is 2. The molecule has 6 heteroatoms. The molecule has 0 bridgehead atoms. The summed E-state index contributed by atoms with van der Waals surface area (Å²) in [5.74, 6) is -0.0734. The molecule has 1 saturated heterocycles. The minimum absolute atomic E-state index is 0.0734. The number of aryl methyl sites for hydroxylation is 2. The molecule has 2 aromatic carbocycles. The number of benzene rings is 2. The van der Waals surface area contributed by atoms with Crippen molar-refractivity contribution < 1.29 is 19.4 Å². The maximum Gasteiger partial charge on any atom is 0.217 e. The maximum atomic E-state index is 11.6. The second-order valence-corrected chi connectivity index (χ2v) is 9.60. The van der Waals surface area contributed by atoms with Crippen molar-refractivity contribution in [2.75, 3.05) is 20.0 Å². The molecule has 0 radical (unpaired) electrons. The lowest BCUT2D eigenvalue weighted by Crippen LogP contribution is -2.57. The molecule has 3 aromatic rings. The molecule has 0 spiro atoms. The summed E-state index contributed by atoms with van der Waals surface area (Å²) < 4.78 is 10.9. The van der Waals surface area contributed by atoms with Crippen LogP contribution in [0.3, 0.4) is 0 Å². The highest BCUT2D eigenvalue weighted by Gasteiger charge is 2.34. The Morgan fingerprint density at radius 2 is 1.75 bits per heavy atom. The van der Waals surface area contributed by atoms with E-state index in [1.165, 1.54) is 18.1 Å². The lowest BCUT2D eigenvalue weighted by molar-refractivity contribution is -0.153. The lowest BCUT2D eigenvalue weighted by atomic mass is 9.91. The van der Waals surface area contributed by atoms with Gasteiger partial charge >= 0.3 is 0 Å². The van der Waals surface area contributed by atoms with Crippen molar-refractivity contribution in [3.05, 3.63) is 82.2 Å². The van der Waals surface area contributed by atoms with Crippen molar-refractivity contribution >= 4 is 17.2 Å². The first kappa shape index (κ1) is 22.7. The monoisotopic (exact) mass is 451 g/mol. The van der Waals surface area contributed by atoms with Gasteiger partial charge in [0.2, 0.25) is 5.91 Å². The van der Waals surface area contributed by atoms with Gasteiger partial charge in [-0.2, -0.15) is 0 Å². The van der Waals surface area contributed by atoms with Gasteiger partial charge in [0.15, 0.2) is 0 Å². The van der Waals surface area contributed by atoms with Crippen molar-refractivity contribution in [3.8, 4) is 10.4 Å². The van der Waals surface area contributed by atoms with Crippen molar-refractivity contribution in [1.29, 1.82) is 0 Å². The SMILES string of the molecule is CC(=O)NC1(CCc2ccc(-c3ccc(C(O)c4ccc(C)cc4)s3)cc2)COCOC1. The molecule has 5 nitrogen and oxygen atoms in total. The minimum Gasteiger partial charge on any atom is -0.383 e. The van der Waals surface area contributed by atoms with E-state index < -0.39 is 11.6 Å². The third-order valence-corrected chi connectivity index (χ3v) is 6.97. The summed E-state index contributed by atoms with van der Waals surface area (Å²) in [5, 5.41) is 13.7. The van der Waals surface area contributed by atoms with Crippen LogP contribution in [0.25, 0.3) is 10.4 Å². The van der Waals surface area contributed by atoms with Crippen LogP contribution in [0.5, 0.6) is 0 Å². The molecule has 4 rings (SSSR count). The number of aliphatic hydroxyl groups excluding tert-OH is 1. The number of carbonyl (C=O) groups excluding carboxylic acids is 1. The van der Waals surface area contributed by atoms with Crippen LogP contribution in [-0.2, 0) is 20.7 Å². The van der Waals surface area contributed by atoms with E-state index in [4.69, 9.17) is 9.47 Å². The average Bonchev–Trinajstić information content (AvgIpc) is 3.29. The van der Waals surface area contributed by atoms with Gasteiger partial charge in [0.25, 0.3) is 0 Å². The number of hydrogen-bond acceptors (Lipinski definition) is 5. The summed E-state index contributed by atoms with van der Waals surface area (Å²) >= 11 is 1.61. The van der Waals surface area contributed by atoms with E-state index in [0.717, 1.165) is 33.7 Å². The van der Waals surface area contributed by atoms with Crippen LogP contribution in [0.2, 0.25) is 0 Å². The molecule has 1 unspecified atom stereocenters. The second-order valence-electron chi connectivity index (χ2n) is 8.49. The van der Waals surface area contributed by atoms with Gasteiger partial charge in [-0.05, 0) is 48.6 Å². The van der Waals surface area contributed by atoms with Gasteiger partial charge in [-0.15, -0.1) is 11.3 Å². The molecule has 2 heterocycles. The fraction of sp³-hybridized carbons (Fsp3) is 0.346. The Kier molecular flexibility index (Phi) is 7.06. The quantitative estimate of drug-likeness (QED) is 0.550. The predicted octanol–water partition coefficient (Wildman–Crippen LogP) is 4.62. The van der Waals surface area contributed by atoms with Gasteiger partial charge in [0, 0.05) is 16.7 Å². The fourth-order valence-electron chi connectivity index (χ4n) is 4.01.